The van der Waals surface area contributed by atoms with Crippen molar-refractivity contribution in [2.45, 2.75) is 26.2 Å². The highest BCUT2D eigenvalue weighted by Crippen LogP contribution is 2.33. The molecule has 0 spiro atoms. The van der Waals surface area contributed by atoms with E-state index in [0.29, 0.717) is 40.2 Å². The maximum absolute atomic E-state index is 13.3. The summed E-state index contributed by atoms with van der Waals surface area (Å²) in [6.07, 6.45) is 2.29. The van der Waals surface area contributed by atoms with Crippen LogP contribution in [0.4, 0.5) is 10.1 Å². The van der Waals surface area contributed by atoms with Gasteiger partial charge in [-0.15, -0.1) is 0 Å². The number of carbonyl (C=O) groups is 1. The van der Waals surface area contributed by atoms with Gasteiger partial charge in [-0.1, -0.05) is 36.2 Å². The zero-order valence-electron chi connectivity index (χ0n) is 19.7. The molecule has 1 aromatic heterocycles. The minimum absolute atomic E-state index is 0.173. The Kier molecular flexibility index (Phi) is 8.65. The quantitative estimate of drug-likeness (QED) is 0.369. The smallest absolute Gasteiger partial charge is 0.289 e. The van der Waals surface area contributed by atoms with Crippen molar-refractivity contribution in [2.75, 3.05) is 44.2 Å². The van der Waals surface area contributed by atoms with Gasteiger partial charge < -0.3 is 14.6 Å². The number of hydrogen-bond donors (Lipinski definition) is 1. The van der Waals surface area contributed by atoms with Crippen molar-refractivity contribution >= 4 is 34.8 Å². The van der Waals surface area contributed by atoms with Crippen LogP contribution in [0.5, 0.6) is 0 Å². The molecule has 1 N–H and O–H groups in total. The molecule has 1 aliphatic heterocycles. The number of piperazine rings is 1. The lowest BCUT2D eigenvalue weighted by atomic mass is 10.1. The molecule has 1 aliphatic rings. The molecule has 1 saturated heterocycles. The first-order chi connectivity index (χ1) is 17.0. The summed E-state index contributed by atoms with van der Waals surface area (Å²) in [5.41, 5.74) is 2.07. The van der Waals surface area contributed by atoms with E-state index in [1.165, 1.54) is 12.1 Å². The monoisotopic (exact) mass is 518 g/mol. The first kappa shape index (κ1) is 25.5. The van der Waals surface area contributed by atoms with Gasteiger partial charge in [0.05, 0.1) is 15.7 Å². The van der Waals surface area contributed by atoms with Gasteiger partial charge >= 0.3 is 0 Å². The van der Waals surface area contributed by atoms with Gasteiger partial charge in [0.1, 0.15) is 11.5 Å². The lowest BCUT2D eigenvalue weighted by Gasteiger charge is -2.36. The van der Waals surface area contributed by atoms with Crippen LogP contribution < -0.4 is 10.2 Å². The average Bonchev–Trinajstić information content (AvgIpc) is 3.29. The Bertz CT molecular complexity index is 1140. The van der Waals surface area contributed by atoms with Crippen LogP contribution in [-0.2, 0) is 6.42 Å². The lowest BCUT2D eigenvalue weighted by molar-refractivity contribution is 0.0922. The van der Waals surface area contributed by atoms with Crippen molar-refractivity contribution in [2.24, 2.45) is 0 Å². The molecule has 9 heteroatoms. The number of hydrogen-bond acceptors (Lipinski definition) is 5. The normalized spacial score (nSPS) is 14.3. The predicted octanol–water partition coefficient (Wildman–Crippen LogP) is 5.68. The third kappa shape index (κ3) is 6.34. The first-order valence-corrected chi connectivity index (χ1v) is 12.7. The number of oxazole rings is 1. The third-order valence-electron chi connectivity index (χ3n) is 6.04. The number of anilines is 1. The lowest BCUT2D eigenvalue weighted by Crippen LogP contribution is -2.47. The SMILES string of the molecule is CCCc1nc(-c2ccc(F)cc2)c(C(=O)NCCCN2CCN(c3cccc(Cl)c3Cl)CC2)o1. The number of carbonyl (C=O) groups excluding carboxylic acids is 1. The van der Waals surface area contributed by atoms with Gasteiger partial charge in [0, 0.05) is 44.7 Å². The molecule has 0 radical (unpaired) electrons. The van der Waals surface area contributed by atoms with E-state index >= 15 is 0 Å². The molecule has 1 fully saturated rings. The van der Waals surface area contributed by atoms with Crippen molar-refractivity contribution in [1.82, 2.24) is 15.2 Å². The molecular formula is C26H29Cl2FN4O2. The summed E-state index contributed by atoms with van der Waals surface area (Å²) in [5, 5.41) is 4.11. The summed E-state index contributed by atoms with van der Waals surface area (Å²) >= 11 is 12.5. The van der Waals surface area contributed by atoms with Crippen molar-refractivity contribution in [3.8, 4) is 11.3 Å². The van der Waals surface area contributed by atoms with E-state index in [4.69, 9.17) is 27.6 Å². The van der Waals surface area contributed by atoms with Crippen LogP contribution in [0.25, 0.3) is 11.3 Å². The Morgan fingerprint density at radius 3 is 2.57 bits per heavy atom. The first-order valence-electron chi connectivity index (χ1n) is 11.9. The molecule has 4 rings (SSSR count). The Hall–Kier alpha value is -2.61. The van der Waals surface area contributed by atoms with Crippen LogP contribution in [-0.4, -0.2) is 55.1 Å². The summed E-state index contributed by atoms with van der Waals surface area (Å²) in [5.74, 6) is 0.0369. The summed E-state index contributed by atoms with van der Waals surface area (Å²) in [6.45, 7) is 6.97. The highest BCUT2D eigenvalue weighted by molar-refractivity contribution is 6.43. The van der Waals surface area contributed by atoms with Gasteiger partial charge in [-0.05, 0) is 55.8 Å². The minimum atomic E-state index is -0.339. The zero-order chi connectivity index (χ0) is 24.8. The highest BCUT2D eigenvalue weighted by atomic mass is 35.5. The second-order valence-corrected chi connectivity index (χ2v) is 9.34. The van der Waals surface area contributed by atoms with E-state index in [-0.39, 0.29) is 17.5 Å². The second-order valence-electron chi connectivity index (χ2n) is 8.55. The van der Waals surface area contributed by atoms with Gasteiger partial charge in [0.2, 0.25) is 5.76 Å². The number of aromatic nitrogens is 1. The van der Waals surface area contributed by atoms with Gasteiger partial charge in [0.25, 0.3) is 5.91 Å². The number of amides is 1. The maximum atomic E-state index is 13.3. The zero-order valence-corrected chi connectivity index (χ0v) is 21.2. The van der Waals surface area contributed by atoms with E-state index < -0.39 is 0 Å². The summed E-state index contributed by atoms with van der Waals surface area (Å²) < 4.78 is 19.1. The summed E-state index contributed by atoms with van der Waals surface area (Å²) in [6, 6.07) is 11.6. The van der Waals surface area contributed by atoms with E-state index in [1.54, 1.807) is 18.2 Å². The van der Waals surface area contributed by atoms with Crippen molar-refractivity contribution in [3.63, 3.8) is 0 Å². The average molecular weight is 519 g/mol. The summed E-state index contributed by atoms with van der Waals surface area (Å²) in [4.78, 5) is 22.0. The molecule has 35 heavy (non-hydrogen) atoms. The van der Waals surface area contributed by atoms with Crippen molar-refractivity contribution in [3.05, 3.63) is 70.0 Å². The minimum Gasteiger partial charge on any atom is -0.435 e. The van der Waals surface area contributed by atoms with E-state index in [9.17, 15) is 9.18 Å². The molecule has 186 valence electrons. The Morgan fingerprint density at radius 2 is 1.86 bits per heavy atom. The second kappa shape index (κ2) is 11.9. The molecule has 2 heterocycles. The predicted molar refractivity (Wildman–Crippen MR) is 138 cm³/mol. The Balaban J connectivity index is 1.28. The van der Waals surface area contributed by atoms with Crippen LogP contribution in [0.15, 0.2) is 46.9 Å². The molecule has 0 saturated carbocycles. The molecule has 0 unspecified atom stereocenters. The van der Waals surface area contributed by atoms with Gasteiger partial charge in [-0.3, -0.25) is 9.69 Å². The van der Waals surface area contributed by atoms with E-state index in [2.05, 4.69) is 20.1 Å². The number of halogens is 3. The number of nitrogens with zero attached hydrogens (tertiary/aromatic N) is 3. The van der Waals surface area contributed by atoms with Crippen LogP contribution in [0.1, 0.15) is 36.2 Å². The Morgan fingerprint density at radius 1 is 1.11 bits per heavy atom. The van der Waals surface area contributed by atoms with Gasteiger partial charge in [0.15, 0.2) is 5.89 Å². The molecule has 0 atom stereocenters. The number of rotatable bonds is 9. The molecule has 6 nitrogen and oxygen atoms in total. The van der Waals surface area contributed by atoms with Crippen LogP contribution in [0.3, 0.4) is 0 Å². The molecule has 0 bridgehead atoms. The summed E-state index contributed by atoms with van der Waals surface area (Å²) in [7, 11) is 0. The van der Waals surface area contributed by atoms with E-state index in [1.807, 2.05) is 19.1 Å². The van der Waals surface area contributed by atoms with Crippen molar-refractivity contribution < 1.29 is 13.6 Å². The van der Waals surface area contributed by atoms with E-state index in [0.717, 1.165) is 51.3 Å². The Labute approximate surface area is 215 Å². The largest absolute Gasteiger partial charge is 0.435 e. The fourth-order valence-electron chi connectivity index (χ4n) is 4.18. The molecular weight excluding hydrogens is 490 g/mol. The van der Waals surface area contributed by atoms with Crippen LogP contribution in [0.2, 0.25) is 10.0 Å². The highest BCUT2D eigenvalue weighted by Gasteiger charge is 2.22. The number of nitrogens with one attached hydrogen (secondary N) is 1. The fraction of sp³-hybridized carbons (Fsp3) is 0.385. The van der Waals surface area contributed by atoms with Crippen LogP contribution in [0, 0.1) is 5.82 Å². The maximum Gasteiger partial charge on any atom is 0.289 e. The topological polar surface area (TPSA) is 61.6 Å². The number of aryl methyl sites for hydroxylation is 1. The molecule has 3 aromatic rings. The molecule has 1 amide bonds. The molecule has 2 aromatic carbocycles. The standard InChI is InChI=1S/C26H29Cl2FN4O2/c1-2-5-22-31-24(18-8-10-19(29)11-9-18)25(35-22)26(34)30-12-4-13-32-14-16-33(17-15-32)21-7-3-6-20(27)23(21)28/h3,6-11H,2,4-5,12-17H2,1H3,(H,30,34). The van der Waals surface area contributed by atoms with Crippen molar-refractivity contribution in [1.29, 1.82) is 0 Å². The molecule has 0 aliphatic carbocycles. The number of benzene rings is 2. The van der Waals surface area contributed by atoms with Crippen LogP contribution >= 0.6 is 23.2 Å². The van der Waals surface area contributed by atoms with Gasteiger partial charge in [-0.2, -0.15) is 0 Å². The third-order valence-corrected chi connectivity index (χ3v) is 6.85. The fourth-order valence-corrected chi connectivity index (χ4v) is 4.59. The van der Waals surface area contributed by atoms with Gasteiger partial charge in [-0.25, -0.2) is 9.37 Å².